The molecule has 0 atom stereocenters. The fourth-order valence-corrected chi connectivity index (χ4v) is 8.12. The number of esters is 4. The van der Waals surface area contributed by atoms with Gasteiger partial charge in [-0.3, -0.25) is 0 Å². The van der Waals surface area contributed by atoms with E-state index in [0.717, 1.165) is 44.5 Å². The average Bonchev–Trinajstić information content (AvgIpc) is 3.57. The van der Waals surface area contributed by atoms with Crippen LogP contribution in [0.15, 0.2) is 267 Å². The van der Waals surface area contributed by atoms with E-state index in [2.05, 4.69) is 47.4 Å². The minimum absolute atomic E-state index is 0.198. The van der Waals surface area contributed by atoms with E-state index in [1.54, 1.807) is 72.8 Å². The summed E-state index contributed by atoms with van der Waals surface area (Å²) in [7, 11) is 0. The lowest BCUT2D eigenvalue weighted by Crippen LogP contribution is -2.07. The Bertz CT molecular complexity index is 3600. The molecule has 0 bridgehead atoms. The van der Waals surface area contributed by atoms with Crippen molar-refractivity contribution >= 4 is 23.9 Å². The maximum atomic E-state index is 12.7. The van der Waals surface area contributed by atoms with Crippen molar-refractivity contribution in [2.24, 2.45) is 0 Å². The highest BCUT2D eigenvalue weighted by atomic mass is 16.5. The third-order valence-electron chi connectivity index (χ3n) is 12.6. The van der Waals surface area contributed by atoms with Crippen molar-refractivity contribution < 1.29 is 38.1 Å². The lowest BCUT2D eigenvalue weighted by molar-refractivity contribution is 0.0463. The van der Waals surface area contributed by atoms with E-state index in [-0.39, 0.29) is 26.4 Å². The predicted octanol–water partition coefficient (Wildman–Crippen LogP) is 14.4. The Morgan fingerprint density at radius 1 is 0.214 bits per heavy atom. The molecule has 0 saturated carbocycles. The van der Waals surface area contributed by atoms with Gasteiger partial charge in [0.05, 0.1) is 22.3 Å². The minimum Gasteiger partial charge on any atom is -0.457 e. The summed E-state index contributed by atoms with van der Waals surface area (Å²) in [6.07, 6.45) is 0. The van der Waals surface area contributed by atoms with Crippen LogP contribution in [0.1, 0.15) is 108 Å². The van der Waals surface area contributed by atoms with Crippen LogP contribution < -0.4 is 0 Å². The number of hydrogen-bond donors (Lipinski definition) is 0. The quantitative estimate of drug-likeness (QED) is 0.0677. The molecule has 0 amide bonds. The first-order valence-electron chi connectivity index (χ1n) is 26.8. The summed E-state index contributed by atoms with van der Waals surface area (Å²) in [5, 5.41) is 0. The van der Waals surface area contributed by atoms with Crippen LogP contribution >= 0.6 is 0 Å². The third kappa shape index (κ3) is 17.2. The summed E-state index contributed by atoms with van der Waals surface area (Å²) in [5.74, 6) is 23.2. The molecule has 10 aromatic carbocycles. The van der Waals surface area contributed by atoms with Crippen LogP contribution in [0.5, 0.6) is 0 Å². The second-order valence-electron chi connectivity index (χ2n) is 18.6. The largest absolute Gasteiger partial charge is 0.457 e. The molecule has 10 rings (SSSR count). The molecule has 0 aliphatic carbocycles. The Labute approximate surface area is 489 Å². The number of carbonyl (C=O) groups is 4. The van der Waals surface area contributed by atoms with Crippen LogP contribution in [0.3, 0.4) is 0 Å². The van der Waals surface area contributed by atoms with Gasteiger partial charge in [-0.25, -0.2) is 19.2 Å². The zero-order valence-electron chi connectivity index (χ0n) is 45.5. The zero-order valence-corrected chi connectivity index (χ0v) is 45.5. The van der Waals surface area contributed by atoms with Gasteiger partial charge in [0.25, 0.3) is 0 Å². The number of ether oxygens (including phenoxy) is 4. The number of rotatable bonds is 12. The van der Waals surface area contributed by atoms with Gasteiger partial charge in [0, 0.05) is 44.5 Å². The molecule has 8 nitrogen and oxygen atoms in total. The first-order valence-corrected chi connectivity index (χ1v) is 26.8. The molecule has 0 fully saturated rings. The highest BCUT2D eigenvalue weighted by Crippen LogP contribution is 2.17. The fourth-order valence-electron chi connectivity index (χ4n) is 8.12. The highest BCUT2D eigenvalue weighted by Gasteiger charge is 2.15. The summed E-state index contributed by atoms with van der Waals surface area (Å²) >= 11 is 0. The Morgan fingerprint density at radius 2 is 0.393 bits per heavy atom. The third-order valence-corrected chi connectivity index (χ3v) is 12.6. The van der Waals surface area contributed by atoms with Crippen LogP contribution in [-0.2, 0) is 45.4 Å². The van der Waals surface area contributed by atoms with Gasteiger partial charge >= 0.3 is 23.9 Å². The van der Waals surface area contributed by atoms with E-state index < -0.39 is 23.9 Å². The molecule has 0 unspecified atom stereocenters. The van der Waals surface area contributed by atoms with E-state index in [4.69, 9.17) is 18.9 Å². The van der Waals surface area contributed by atoms with Crippen LogP contribution in [0.25, 0.3) is 0 Å². The molecule has 0 radical (unpaired) electrons. The number of benzene rings is 10. The summed E-state index contributed by atoms with van der Waals surface area (Å²) in [5.41, 5.74) is 10.8. The van der Waals surface area contributed by atoms with Gasteiger partial charge in [-0.15, -0.1) is 0 Å². The van der Waals surface area contributed by atoms with E-state index in [9.17, 15) is 19.2 Å². The van der Waals surface area contributed by atoms with Crippen LogP contribution in [0.4, 0.5) is 0 Å². The van der Waals surface area contributed by atoms with Crippen molar-refractivity contribution in [1.82, 2.24) is 0 Å². The summed E-state index contributed by atoms with van der Waals surface area (Å²) in [6.45, 7) is 0.791. The molecule has 0 aliphatic rings. The van der Waals surface area contributed by atoms with Crippen LogP contribution in [-0.4, -0.2) is 23.9 Å². The smallest absolute Gasteiger partial charge is 0.339 e. The van der Waals surface area contributed by atoms with Crippen molar-refractivity contribution in [3.8, 4) is 47.4 Å². The minimum atomic E-state index is -0.418. The van der Waals surface area contributed by atoms with Gasteiger partial charge in [0.15, 0.2) is 0 Å². The molecule has 8 heteroatoms. The number of carbonyl (C=O) groups excluding carboxylic acids is 4. The maximum absolute atomic E-state index is 12.7. The lowest BCUT2D eigenvalue weighted by atomic mass is 10.1. The topological polar surface area (TPSA) is 105 Å². The molecular weight excluding hydrogens is 1040 g/mol. The summed E-state index contributed by atoms with van der Waals surface area (Å²) in [4.78, 5) is 50.9. The first-order chi connectivity index (χ1) is 41.3. The molecule has 0 aromatic heterocycles. The zero-order chi connectivity index (χ0) is 58.0. The van der Waals surface area contributed by atoms with Crippen LogP contribution in [0.2, 0.25) is 0 Å². The predicted molar refractivity (Wildman–Crippen MR) is 325 cm³/mol. The number of hydrogen-bond acceptors (Lipinski definition) is 8. The van der Waals surface area contributed by atoms with Gasteiger partial charge in [0.2, 0.25) is 0 Å². The highest BCUT2D eigenvalue weighted by molar-refractivity contribution is 5.94. The molecule has 0 saturated heterocycles. The molecule has 0 spiro atoms. The van der Waals surface area contributed by atoms with E-state index in [1.165, 1.54) is 0 Å². The van der Waals surface area contributed by atoms with Crippen molar-refractivity contribution in [1.29, 1.82) is 0 Å². The maximum Gasteiger partial charge on any atom is 0.339 e. The molecule has 0 heterocycles. The standard InChI is InChI=1S/2C38H26O4/c2*39-37(41-27-31-11-3-1-4-12-31)35-17-9-7-15-33(35)25-23-29-19-21-30(22-20-29)24-26-34-16-8-10-18-36(34)38(40)42-28-32-13-5-2-6-14-32/h2*1-22H,27-28H2. The molecule has 0 N–H and O–H groups in total. The molecule has 0 aliphatic heterocycles. The Hall–Kier alpha value is -11.7. The van der Waals surface area contributed by atoms with Gasteiger partial charge in [-0.2, -0.15) is 0 Å². The molecular formula is C76H52O8. The second-order valence-corrected chi connectivity index (χ2v) is 18.6. The van der Waals surface area contributed by atoms with Crippen molar-refractivity contribution in [3.63, 3.8) is 0 Å². The average molecular weight is 1090 g/mol. The van der Waals surface area contributed by atoms with E-state index >= 15 is 0 Å². The lowest BCUT2D eigenvalue weighted by Gasteiger charge is -2.06. The summed E-state index contributed by atoms with van der Waals surface area (Å²) < 4.78 is 22.0. The van der Waals surface area contributed by atoms with E-state index in [1.807, 2.05) is 194 Å². The van der Waals surface area contributed by atoms with Crippen molar-refractivity contribution in [3.05, 3.63) is 356 Å². The Kier molecular flexibility index (Phi) is 20.4. The molecule has 404 valence electrons. The second kappa shape index (κ2) is 30.1. The van der Waals surface area contributed by atoms with Gasteiger partial charge < -0.3 is 18.9 Å². The SMILES string of the molecule is O=C(OCc1ccccc1)c1ccccc1C#Cc1ccc(C#Cc2ccccc2C(=O)OCc2ccccc2)cc1.O=C(OCc1ccccc1)c1ccccc1C#Cc1ccc(C#Cc2ccccc2C(=O)OCc2ccccc2)cc1. The van der Waals surface area contributed by atoms with Gasteiger partial charge in [0.1, 0.15) is 26.4 Å². The summed E-state index contributed by atoms with van der Waals surface area (Å²) in [6, 6.07) is 81.7. The molecule has 84 heavy (non-hydrogen) atoms. The first kappa shape index (κ1) is 57.0. The van der Waals surface area contributed by atoms with E-state index in [0.29, 0.717) is 44.5 Å². The Balaban J connectivity index is 0.000000202. The monoisotopic (exact) mass is 1090 g/mol. The van der Waals surface area contributed by atoms with Gasteiger partial charge in [-0.05, 0) is 119 Å². The van der Waals surface area contributed by atoms with Gasteiger partial charge in [-0.1, -0.05) is 217 Å². The van der Waals surface area contributed by atoms with Crippen molar-refractivity contribution in [2.75, 3.05) is 0 Å². The normalized spacial score (nSPS) is 9.90. The molecule has 10 aromatic rings. The van der Waals surface area contributed by atoms with Crippen LogP contribution in [0, 0.1) is 47.4 Å². The van der Waals surface area contributed by atoms with Crippen molar-refractivity contribution in [2.45, 2.75) is 26.4 Å². The Morgan fingerprint density at radius 3 is 0.595 bits per heavy atom. The fraction of sp³-hybridized carbons (Fsp3) is 0.0526.